The summed E-state index contributed by atoms with van der Waals surface area (Å²) in [5.74, 6) is -0.0109. The van der Waals surface area contributed by atoms with E-state index < -0.39 is 5.67 Å². The van der Waals surface area contributed by atoms with Crippen LogP contribution >= 0.6 is 0 Å². The lowest BCUT2D eigenvalue weighted by molar-refractivity contribution is -0.00169. The van der Waals surface area contributed by atoms with E-state index in [2.05, 4.69) is 28.8 Å². The number of fused-ring (bicyclic) bond motifs is 3. The van der Waals surface area contributed by atoms with E-state index in [0.717, 1.165) is 41.7 Å². The van der Waals surface area contributed by atoms with Gasteiger partial charge in [-0.15, -0.1) is 0 Å². The third-order valence-corrected chi connectivity index (χ3v) is 6.75. The highest BCUT2D eigenvalue weighted by atomic mass is 19.1. The lowest BCUT2D eigenvalue weighted by atomic mass is 9.71. The molecule has 3 aliphatic rings. The maximum atomic E-state index is 14.4. The fraction of sp³-hybridized carbons (Fsp3) is 0.591. The Bertz CT molecular complexity index is 910. The Labute approximate surface area is 164 Å². The summed E-state index contributed by atoms with van der Waals surface area (Å²) in [5, 5.41) is 0.841. The second-order valence-electron chi connectivity index (χ2n) is 9.03. The minimum Gasteiger partial charge on any atom is -0.378 e. The van der Waals surface area contributed by atoms with E-state index in [1.807, 2.05) is 6.20 Å². The highest BCUT2D eigenvalue weighted by molar-refractivity contribution is 6.01. The zero-order valence-corrected chi connectivity index (χ0v) is 16.7. The largest absolute Gasteiger partial charge is 0.378 e. The number of halogens is 2. The van der Waals surface area contributed by atoms with Crippen LogP contribution < -0.4 is 9.80 Å². The fourth-order valence-electron chi connectivity index (χ4n) is 5.54. The molecule has 6 heteroatoms. The minimum atomic E-state index is -1.08. The van der Waals surface area contributed by atoms with Crippen molar-refractivity contribution in [3.63, 3.8) is 0 Å². The number of anilines is 2. The van der Waals surface area contributed by atoms with Gasteiger partial charge < -0.3 is 14.5 Å². The maximum absolute atomic E-state index is 14.4. The van der Waals surface area contributed by atoms with Crippen LogP contribution in [0.2, 0.25) is 0 Å². The van der Waals surface area contributed by atoms with Crippen LogP contribution in [0.3, 0.4) is 0 Å². The van der Waals surface area contributed by atoms with Gasteiger partial charge in [-0.3, -0.25) is 4.98 Å². The quantitative estimate of drug-likeness (QED) is 0.749. The van der Waals surface area contributed by atoms with Crippen LogP contribution in [0.15, 0.2) is 24.4 Å². The Morgan fingerprint density at radius 1 is 1.29 bits per heavy atom. The predicted molar refractivity (Wildman–Crippen MR) is 107 cm³/mol. The first-order valence-electron chi connectivity index (χ1n) is 10.2. The Morgan fingerprint density at radius 2 is 2.07 bits per heavy atom. The van der Waals surface area contributed by atoms with Crippen molar-refractivity contribution in [3.05, 3.63) is 30.2 Å². The zero-order chi connectivity index (χ0) is 19.6. The van der Waals surface area contributed by atoms with E-state index in [0.29, 0.717) is 12.8 Å². The number of aromatic nitrogens is 1. The normalized spacial score (nSPS) is 35.2. The van der Waals surface area contributed by atoms with Gasteiger partial charge in [-0.05, 0) is 57.7 Å². The van der Waals surface area contributed by atoms with Crippen LogP contribution in [0, 0.1) is 11.7 Å². The van der Waals surface area contributed by atoms with Crippen molar-refractivity contribution in [2.24, 2.45) is 5.92 Å². The smallest absolute Gasteiger partial charge is 0.124 e. The molecule has 1 aromatic carbocycles. The molecule has 0 unspecified atom stereocenters. The summed E-state index contributed by atoms with van der Waals surface area (Å²) in [5.41, 5.74) is 1.77. The molecular weight excluding hydrogens is 360 g/mol. The second kappa shape index (κ2) is 6.28. The average Bonchev–Trinajstić information content (AvgIpc) is 2.92. The van der Waals surface area contributed by atoms with Crippen molar-refractivity contribution in [2.45, 2.75) is 63.5 Å². The molecule has 2 fully saturated rings. The number of ether oxygens (including phenoxy) is 1. The zero-order valence-electron chi connectivity index (χ0n) is 16.7. The van der Waals surface area contributed by atoms with Gasteiger partial charge in [0.15, 0.2) is 0 Å². The van der Waals surface area contributed by atoms with Crippen LogP contribution in [0.1, 0.15) is 39.5 Å². The molecule has 1 aromatic heterocycles. The molecule has 1 aliphatic carbocycles. The summed E-state index contributed by atoms with van der Waals surface area (Å²) in [6, 6.07) is 5.08. The Kier molecular flexibility index (Phi) is 4.06. The van der Waals surface area contributed by atoms with E-state index >= 15 is 0 Å². The molecule has 1 saturated carbocycles. The van der Waals surface area contributed by atoms with E-state index in [9.17, 15) is 8.78 Å². The number of hydrogen-bond acceptors (Lipinski definition) is 4. The van der Waals surface area contributed by atoms with Crippen molar-refractivity contribution in [1.82, 2.24) is 4.98 Å². The summed E-state index contributed by atoms with van der Waals surface area (Å²) in [4.78, 5) is 9.24. The highest BCUT2D eigenvalue weighted by Gasteiger charge is 2.52. The van der Waals surface area contributed by atoms with Gasteiger partial charge in [0, 0.05) is 31.0 Å². The number of alkyl halides is 1. The van der Waals surface area contributed by atoms with Crippen molar-refractivity contribution >= 4 is 22.3 Å². The number of rotatable bonds is 2. The molecular formula is C22H27F2N3O. The second-order valence-corrected chi connectivity index (χ2v) is 9.03. The topological polar surface area (TPSA) is 28.6 Å². The molecule has 0 radical (unpaired) electrons. The van der Waals surface area contributed by atoms with E-state index in [1.165, 1.54) is 6.07 Å². The first-order chi connectivity index (χ1) is 13.3. The Morgan fingerprint density at radius 3 is 2.79 bits per heavy atom. The molecule has 2 aliphatic heterocycles. The number of pyridine rings is 1. The molecule has 3 heterocycles. The van der Waals surface area contributed by atoms with Gasteiger partial charge in [0.1, 0.15) is 17.7 Å². The van der Waals surface area contributed by atoms with Crippen molar-refractivity contribution in [2.75, 3.05) is 23.5 Å². The van der Waals surface area contributed by atoms with Gasteiger partial charge in [-0.25, -0.2) is 8.78 Å². The molecule has 2 aromatic rings. The van der Waals surface area contributed by atoms with Crippen LogP contribution in [-0.4, -0.2) is 42.6 Å². The van der Waals surface area contributed by atoms with Crippen molar-refractivity contribution in [1.29, 1.82) is 0 Å². The number of nitrogens with zero attached hydrogens (tertiary/aromatic N) is 3. The summed E-state index contributed by atoms with van der Waals surface area (Å²) >= 11 is 0. The minimum absolute atomic E-state index is 0.0739. The lowest BCUT2D eigenvalue weighted by Crippen LogP contribution is -2.58. The highest BCUT2D eigenvalue weighted by Crippen LogP contribution is 2.53. The monoisotopic (exact) mass is 387 g/mol. The van der Waals surface area contributed by atoms with E-state index in [-0.39, 0.29) is 30.0 Å². The SMILES string of the molecule is C[C@@H]1C[C@H](N2c3c(cnc4ccc(F)cc34)N(C)[C@@H]2C2CC(C)(F)C2)CCO1. The summed E-state index contributed by atoms with van der Waals surface area (Å²) in [6.07, 6.45) is 5.11. The lowest BCUT2D eigenvalue weighted by Gasteiger charge is -2.50. The standard InChI is InChI=1S/C22H27F2N3O/c1-13-8-16(6-7-28-13)27-20-17-9-15(23)4-5-18(17)25-12-19(20)26(3)21(27)14-10-22(2,24)11-14/h4-5,9,12-14,16,21H,6-8,10-11H2,1-3H3/t13-,14?,16-,21+,22?/m1/s1. The molecule has 0 bridgehead atoms. The Hall–Kier alpha value is -1.95. The molecule has 0 amide bonds. The summed E-state index contributed by atoms with van der Waals surface area (Å²) < 4.78 is 34.3. The van der Waals surface area contributed by atoms with E-state index in [1.54, 1.807) is 19.1 Å². The van der Waals surface area contributed by atoms with Crippen LogP contribution in [0.25, 0.3) is 10.9 Å². The molecule has 1 saturated heterocycles. The maximum Gasteiger partial charge on any atom is 0.124 e. The van der Waals surface area contributed by atoms with Gasteiger partial charge in [0.2, 0.25) is 0 Å². The van der Waals surface area contributed by atoms with Crippen LogP contribution in [0.4, 0.5) is 20.2 Å². The first kappa shape index (κ1) is 18.1. The summed E-state index contributed by atoms with van der Waals surface area (Å²) in [7, 11) is 2.06. The predicted octanol–water partition coefficient (Wildman–Crippen LogP) is 4.66. The molecule has 5 rings (SSSR count). The number of benzene rings is 1. The molecule has 3 atom stereocenters. The first-order valence-corrected chi connectivity index (χ1v) is 10.2. The third kappa shape index (κ3) is 2.76. The van der Waals surface area contributed by atoms with Crippen LogP contribution in [-0.2, 0) is 4.74 Å². The third-order valence-electron chi connectivity index (χ3n) is 6.75. The molecule has 150 valence electrons. The van der Waals surface area contributed by atoms with Gasteiger partial charge in [0.05, 0.1) is 29.2 Å². The van der Waals surface area contributed by atoms with Gasteiger partial charge >= 0.3 is 0 Å². The van der Waals surface area contributed by atoms with Gasteiger partial charge in [-0.1, -0.05) is 0 Å². The fourth-order valence-corrected chi connectivity index (χ4v) is 5.54. The van der Waals surface area contributed by atoms with Crippen molar-refractivity contribution < 1.29 is 13.5 Å². The molecule has 0 spiro atoms. The molecule has 28 heavy (non-hydrogen) atoms. The van der Waals surface area contributed by atoms with Crippen LogP contribution in [0.5, 0.6) is 0 Å². The van der Waals surface area contributed by atoms with Crippen molar-refractivity contribution in [3.8, 4) is 0 Å². The Balaban J connectivity index is 1.64. The van der Waals surface area contributed by atoms with Gasteiger partial charge in [0.25, 0.3) is 0 Å². The molecule has 0 N–H and O–H groups in total. The average molecular weight is 387 g/mol. The molecule has 4 nitrogen and oxygen atoms in total. The van der Waals surface area contributed by atoms with Gasteiger partial charge in [-0.2, -0.15) is 0 Å². The number of hydrogen-bond donors (Lipinski definition) is 0. The van der Waals surface area contributed by atoms with E-state index in [4.69, 9.17) is 4.74 Å². The summed E-state index contributed by atoms with van der Waals surface area (Å²) in [6.45, 7) is 4.52.